The normalized spacial score (nSPS) is 21.9. The van der Waals surface area contributed by atoms with E-state index in [9.17, 15) is 14.7 Å². The highest BCUT2D eigenvalue weighted by Crippen LogP contribution is 2.38. The van der Waals surface area contributed by atoms with E-state index >= 15 is 0 Å². The number of carboxylic acids is 1. The standard InChI is InChI=1S/C24H29N3O5/c1-32-21-6-2-4-20(19(21)5-3-11-28)23(29)26-16-12-17-8-9-18(13-16)27(17)22-10-7-15(14-25-22)24(30)31/h2,4,6-7,10,14,16-18,28H,3,5,8-9,11-13H2,1H3,(H,26,29)(H,30,31)/t16-,17+,18-. The second kappa shape index (κ2) is 9.56. The maximum absolute atomic E-state index is 13.1. The average molecular weight is 440 g/mol. The van der Waals surface area contributed by atoms with Gasteiger partial charge in [-0.15, -0.1) is 0 Å². The molecule has 1 aromatic heterocycles. The van der Waals surface area contributed by atoms with Crippen LogP contribution in [-0.2, 0) is 6.42 Å². The number of ether oxygens (including phenoxy) is 1. The van der Waals surface area contributed by atoms with E-state index in [1.54, 1.807) is 19.2 Å². The van der Waals surface area contributed by atoms with Gasteiger partial charge in [-0.1, -0.05) is 6.07 Å². The molecule has 2 bridgehead atoms. The number of benzene rings is 1. The predicted molar refractivity (Wildman–Crippen MR) is 119 cm³/mol. The molecule has 1 aromatic carbocycles. The summed E-state index contributed by atoms with van der Waals surface area (Å²) >= 11 is 0. The Labute approximate surface area is 187 Å². The molecule has 2 aliphatic rings. The first kappa shape index (κ1) is 22.1. The lowest BCUT2D eigenvalue weighted by Crippen LogP contribution is -2.50. The van der Waals surface area contributed by atoms with E-state index in [2.05, 4.69) is 15.2 Å². The summed E-state index contributed by atoms with van der Waals surface area (Å²) in [5, 5.41) is 21.5. The Balaban J connectivity index is 1.46. The molecular weight excluding hydrogens is 410 g/mol. The molecule has 32 heavy (non-hydrogen) atoms. The summed E-state index contributed by atoms with van der Waals surface area (Å²) in [5.41, 5.74) is 1.60. The van der Waals surface area contributed by atoms with Crippen LogP contribution in [0.25, 0.3) is 0 Å². The van der Waals surface area contributed by atoms with Crippen molar-refractivity contribution in [3.63, 3.8) is 0 Å². The summed E-state index contributed by atoms with van der Waals surface area (Å²) in [6, 6.07) is 9.42. The van der Waals surface area contributed by atoms with Crippen molar-refractivity contribution in [2.45, 2.75) is 56.7 Å². The second-order valence-electron chi connectivity index (χ2n) is 8.46. The van der Waals surface area contributed by atoms with Crippen LogP contribution in [0.1, 0.15) is 58.4 Å². The van der Waals surface area contributed by atoms with Crippen molar-refractivity contribution in [3.05, 3.63) is 53.2 Å². The Morgan fingerprint density at radius 3 is 2.53 bits per heavy atom. The number of methoxy groups -OCH3 is 1. The number of carbonyl (C=O) groups is 2. The number of nitrogens with one attached hydrogen (secondary N) is 1. The quantitative estimate of drug-likeness (QED) is 0.580. The van der Waals surface area contributed by atoms with Gasteiger partial charge in [0, 0.05) is 42.1 Å². The van der Waals surface area contributed by atoms with E-state index in [1.807, 2.05) is 18.2 Å². The number of pyridine rings is 1. The number of carboxylic acid groups (broad SMARTS) is 1. The monoisotopic (exact) mass is 439 g/mol. The minimum Gasteiger partial charge on any atom is -0.496 e. The van der Waals surface area contributed by atoms with Crippen LogP contribution in [0.15, 0.2) is 36.5 Å². The first-order chi connectivity index (χ1) is 15.5. The molecule has 2 fully saturated rings. The maximum Gasteiger partial charge on any atom is 0.337 e. The number of aromatic nitrogens is 1. The van der Waals surface area contributed by atoms with Gasteiger partial charge in [-0.3, -0.25) is 4.79 Å². The summed E-state index contributed by atoms with van der Waals surface area (Å²) in [4.78, 5) is 30.9. The summed E-state index contributed by atoms with van der Waals surface area (Å²) in [6.45, 7) is 0.0579. The molecule has 0 saturated carbocycles. The third kappa shape index (κ3) is 4.41. The average Bonchev–Trinajstić information content (AvgIpc) is 3.07. The molecule has 3 N–H and O–H groups in total. The number of hydrogen-bond acceptors (Lipinski definition) is 6. The molecule has 3 atom stereocenters. The summed E-state index contributed by atoms with van der Waals surface area (Å²) in [7, 11) is 1.59. The summed E-state index contributed by atoms with van der Waals surface area (Å²) in [6.07, 6.45) is 6.24. The van der Waals surface area contributed by atoms with E-state index in [4.69, 9.17) is 9.84 Å². The predicted octanol–water partition coefficient (Wildman–Crippen LogP) is 2.64. The van der Waals surface area contributed by atoms with E-state index in [0.717, 1.165) is 37.1 Å². The van der Waals surface area contributed by atoms with Gasteiger partial charge in [0.05, 0.1) is 12.7 Å². The lowest BCUT2D eigenvalue weighted by Gasteiger charge is -2.40. The van der Waals surface area contributed by atoms with Crippen LogP contribution >= 0.6 is 0 Å². The Morgan fingerprint density at radius 1 is 1.19 bits per heavy atom. The van der Waals surface area contributed by atoms with Crippen LogP contribution in [0.5, 0.6) is 5.75 Å². The summed E-state index contributed by atoms with van der Waals surface area (Å²) in [5.74, 6) is 0.367. The van der Waals surface area contributed by atoms with Gasteiger partial charge >= 0.3 is 5.97 Å². The Bertz CT molecular complexity index is 964. The summed E-state index contributed by atoms with van der Waals surface area (Å²) < 4.78 is 5.44. The number of hydrogen-bond donors (Lipinski definition) is 3. The topological polar surface area (TPSA) is 112 Å². The minimum atomic E-state index is -0.982. The zero-order chi connectivity index (χ0) is 22.7. The lowest BCUT2D eigenvalue weighted by atomic mass is 9.95. The number of amides is 1. The zero-order valence-electron chi connectivity index (χ0n) is 18.2. The first-order valence-electron chi connectivity index (χ1n) is 11.1. The first-order valence-corrected chi connectivity index (χ1v) is 11.1. The number of fused-ring (bicyclic) bond motifs is 2. The molecule has 0 spiro atoms. The van der Waals surface area contributed by atoms with E-state index in [0.29, 0.717) is 24.2 Å². The van der Waals surface area contributed by atoms with Crippen LogP contribution in [0, 0.1) is 0 Å². The number of aromatic carboxylic acids is 1. The van der Waals surface area contributed by atoms with Gasteiger partial charge in [-0.2, -0.15) is 0 Å². The fraction of sp³-hybridized carbons (Fsp3) is 0.458. The molecular formula is C24H29N3O5. The smallest absolute Gasteiger partial charge is 0.337 e. The van der Waals surface area contributed by atoms with Gasteiger partial charge in [0.2, 0.25) is 0 Å². The molecule has 1 amide bonds. The van der Waals surface area contributed by atoms with Crippen molar-refractivity contribution in [1.29, 1.82) is 0 Å². The number of rotatable bonds is 8. The van der Waals surface area contributed by atoms with Crippen LogP contribution in [0.3, 0.4) is 0 Å². The highest BCUT2D eigenvalue weighted by molar-refractivity contribution is 5.96. The SMILES string of the molecule is COc1cccc(C(=O)N[C@H]2C[C@H]3CC[C@@H](C2)N3c2ccc(C(=O)O)cn2)c1CCCO. The number of anilines is 1. The highest BCUT2D eigenvalue weighted by atomic mass is 16.5. The van der Waals surface area contributed by atoms with Crippen molar-refractivity contribution in [2.24, 2.45) is 0 Å². The molecule has 2 aromatic rings. The number of carbonyl (C=O) groups excluding carboxylic acids is 1. The second-order valence-corrected chi connectivity index (χ2v) is 8.46. The van der Waals surface area contributed by atoms with Gasteiger partial charge in [0.25, 0.3) is 5.91 Å². The Morgan fingerprint density at radius 2 is 1.94 bits per heavy atom. The molecule has 0 unspecified atom stereocenters. The van der Waals surface area contributed by atoms with E-state index in [-0.39, 0.29) is 36.2 Å². The van der Waals surface area contributed by atoms with Crippen LogP contribution in [-0.4, -0.2) is 58.9 Å². The van der Waals surface area contributed by atoms with Gasteiger partial charge in [-0.05, 0) is 62.8 Å². The third-order valence-electron chi connectivity index (χ3n) is 6.51. The zero-order valence-corrected chi connectivity index (χ0v) is 18.2. The third-order valence-corrected chi connectivity index (χ3v) is 6.51. The van der Waals surface area contributed by atoms with Crippen molar-refractivity contribution < 1.29 is 24.5 Å². The van der Waals surface area contributed by atoms with Crippen molar-refractivity contribution in [3.8, 4) is 5.75 Å². The molecule has 8 heteroatoms. The van der Waals surface area contributed by atoms with Crippen molar-refractivity contribution in [2.75, 3.05) is 18.6 Å². The van der Waals surface area contributed by atoms with Crippen molar-refractivity contribution in [1.82, 2.24) is 10.3 Å². The number of piperidine rings is 1. The van der Waals surface area contributed by atoms with Crippen LogP contribution in [0.2, 0.25) is 0 Å². The van der Waals surface area contributed by atoms with Crippen molar-refractivity contribution >= 4 is 17.7 Å². The number of aliphatic hydroxyl groups is 1. The molecule has 8 nitrogen and oxygen atoms in total. The molecule has 2 saturated heterocycles. The fourth-order valence-electron chi connectivity index (χ4n) is 5.08. The van der Waals surface area contributed by atoms with E-state index in [1.165, 1.54) is 6.20 Å². The molecule has 170 valence electrons. The van der Waals surface area contributed by atoms with Crippen LogP contribution in [0.4, 0.5) is 5.82 Å². The fourth-order valence-corrected chi connectivity index (χ4v) is 5.08. The highest BCUT2D eigenvalue weighted by Gasteiger charge is 2.42. The van der Waals surface area contributed by atoms with Gasteiger partial charge < -0.3 is 25.2 Å². The number of aliphatic hydroxyl groups excluding tert-OH is 1. The van der Waals surface area contributed by atoms with Crippen LogP contribution < -0.4 is 15.0 Å². The Hall–Kier alpha value is -3.13. The van der Waals surface area contributed by atoms with E-state index < -0.39 is 5.97 Å². The Kier molecular flexibility index (Phi) is 6.60. The largest absolute Gasteiger partial charge is 0.496 e. The van der Waals surface area contributed by atoms with Gasteiger partial charge in [-0.25, -0.2) is 9.78 Å². The molecule has 4 rings (SSSR count). The maximum atomic E-state index is 13.1. The molecule has 2 aliphatic heterocycles. The number of nitrogens with zero attached hydrogens (tertiary/aromatic N) is 2. The lowest BCUT2D eigenvalue weighted by molar-refractivity contribution is 0.0696. The molecule has 0 radical (unpaired) electrons. The van der Waals surface area contributed by atoms with Gasteiger partial charge in [0.15, 0.2) is 0 Å². The molecule has 0 aliphatic carbocycles. The van der Waals surface area contributed by atoms with Gasteiger partial charge in [0.1, 0.15) is 11.6 Å². The molecule has 3 heterocycles. The minimum absolute atomic E-state index is 0.0579.